The molecule has 6 heterocycles. The van der Waals surface area contributed by atoms with Gasteiger partial charge in [-0.15, -0.1) is 43.1 Å². The molecule has 0 unspecified atom stereocenters. The summed E-state index contributed by atoms with van der Waals surface area (Å²) in [6, 6.07) is 35.2. The topological polar surface area (TPSA) is 177 Å². The van der Waals surface area contributed by atoms with Gasteiger partial charge in [0, 0.05) is 48.8 Å². The Morgan fingerprint density at radius 1 is 0.558 bits per heavy atom. The Balaban J connectivity index is 0.000000231. The van der Waals surface area contributed by atoms with Crippen molar-refractivity contribution in [3.05, 3.63) is 187 Å². The van der Waals surface area contributed by atoms with Crippen molar-refractivity contribution in [2.45, 2.75) is 134 Å². The van der Waals surface area contributed by atoms with Gasteiger partial charge < -0.3 is 15.2 Å². The standard InChI is InChI=1S/C36H35N5O2S.C23H27N5O2S.2CH4/c1-22-23(2)44-35-31(22)33(38-29(21-30(42)43-36(4,5)6)34-40-39-24(3)41(34)35)27-17-19-28(20-18-27)37-32(25-13-9-7-10-14-25)26-15-11-8-12-16-26;1-12-13(2)31-22-19(12)20(15-7-9-16(24)10-8-15)25-17(11-18(29)30-23(4,5)6)21-27-26-14(3)28(21)22;;/h7-20,29H,21H2,1-6H3;7-10,17H,11,24H2,1-6H3;2*1H4/t29-;17-;;/m00../s1. The third-order valence-electron chi connectivity index (χ3n) is 12.7. The zero-order valence-corrected chi connectivity index (χ0v) is 46.1. The number of rotatable bonds is 9. The Bertz CT molecular complexity index is 3470. The van der Waals surface area contributed by atoms with E-state index in [0.717, 1.165) is 89.0 Å². The lowest BCUT2D eigenvalue weighted by Crippen LogP contribution is -2.25. The first-order valence-electron chi connectivity index (χ1n) is 24.9. The normalized spacial score (nSPS) is 14.4. The second kappa shape index (κ2) is 22.9. The highest BCUT2D eigenvalue weighted by Gasteiger charge is 2.35. The van der Waals surface area contributed by atoms with Crippen LogP contribution in [0.2, 0.25) is 0 Å². The van der Waals surface area contributed by atoms with E-state index in [0.29, 0.717) is 17.3 Å². The lowest BCUT2D eigenvalue weighted by Gasteiger charge is -2.21. The van der Waals surface area contributed by atoms with Gasteiger partial charge in [-0.05, 0) is 118 Å². The van der Waals surface area contributed by atoms with E-state index in [2.05, 4.69) is 89.1 Å². The number of nitrogen functional groups attached to an aromatic ring is 1. The number of aliphatic imine (C=N–C) groups is 3. The number of thiophene rings is 2. The molecule has 0 amide bonds. The van der Waals surface area contributed by atoms with Gasteiger partial charge in [-0.1, -0.05) is 99.8 Å². The first-order chi connectivity index (χ1) is 35.6. The van der Waals surface area contributed by atoms with Gasteiger partial charge in [0.25, 0.3) is 0 Å². The van der Waals surface area contributed by atoms with Crippen LogP contribution in [0.5, 0.6) is 0 Å². The van der Waals surface area contributed by atoms with E-state index in [1.165, 1.54) is 9.75 Å². The van der Waals surface area contributed by atoms with Crippen molar-refractivity contribution in [2.75, 3.05) is 5.73 Å². The summed E-state index contributed by atoms with van der Waals surface area (Å²) >= 11 is 3.38. The largest absolute Gasteiger partial charge is 0.460 e. The van der Waals surface area contributed by atoms with Crippen LogP contribution in [-0.2, 0) is 19.1 Å². The molecule has 8 aromatic rings. The number of ether oxygens (including phenoxy) is 2. The molecule has 4 aromatic heterocycles. The molecule has 14 nitrogen and oxygen atoms in total. The molecular formula is C61H70N10O4S2. The number of esters is 2. The van der Waals surface area contributed by atoms with Gasteiger partial charge in [-0.25, -0.2) is 4.99 Å². The van der Waals surface area contributed by atoms with Crippen molar-refractivity contribution in [2.24, 2.45) is 15.0 Å². The zero-order chi connectivity index (χ0) is 53.5. The lowest BCUT2D eigenvalue weighted by atomic mass is 9.99. The Kier molecular flexibility index (Phi) is 16.9. The molecule has 4 aromatic carbocycles. The van der Waals surface area contributed by atoms with Crippen molar-refractivity contribution >= 4 is 63.1 Å². The molecule has 2 N–H and O–H groups in total. The number of benzene rings is 4. The molecule has 0 spiro atoms. The van der Waals surface area contributed by atoms with Crippen molar-refractivity contribution < 1.29 is 19.1 Å². The first-order valence-corrected chi connectivity index (χ1v) is 26.6. The molecule has 2 aliphatic rings. The fourth-order valence-corrected chi connectivity index (χ4v) is 11.5. The summed E-state index contributed by atoms with van der Waals surface area (Å²) in [7, 11) is 0. The van der Waals surface area contributed by atoms with Crippen molar-refractivity contribution in [3.63, 3.8) is 0 Å². The quantitative estimate of drug-likeness (QED) is 0.0837. The minimum absolute atomic E-state index is 0. The lowest BCUT2D eigenvalue weighted by molar-refractivity contribution is -0.156. The fraction of sp³-hybridized carbons (Fsp3) is 0.328. The van der Waals surface area contributed by atoms with E-state index in [1.807, 2.05) is 133 Å². The summed E-state index contributed by atoms with van der Waals surface area (Å²) in [6.45, 7) is 23.5. The van der Waals surface area contributed by atoms with Crippen LogP contribution >= 0.6 is 22.7 Å². The van der Waals surface area contributed by atoms with E-state index >= 15 is 0 Å². The minimum Gasteiger partial charge on any atom is -0.460 e. The van der Waals surface area contributed by atoms with Crippen LogP contribution in [0, 0.1) is 41.5 Å². The average Bonchev–Trinajstić information content (AvgIpc) is 4.05. The molecule has 10 rings (SSSR count). The molecular weight excluding hydrogens is 1000 g/mol. The van der Waals surface area contributed by atoms with E-state index in [1.54, 1.807) is 22.7 Å². The van der Waals surface area contributed by atoms with Gasteiger partial charge in [0.1, 0.15) is 44.9 Å². The van der Waals surface area contributed by atoms with E-state index < -0.39 is 23.3 Å². The molecule has 77 heavy (non-hydrogen) atoms. The molecule has 2 aliphatic heterocycles. The predicted molar refractivity (Wildman–Crippen MR) is 314 cm³/mol. The molecule has 0 bridgehead atoms. The average molecular weight is 1070 g/mol. The van der Waals surface area contributed by atoms with E-state index in [9.17, 15) is 9.59 Å². The number of carbonyl (C=O) groups excluding carboxylic acids is 2. The summed E-state index contributed by atoms with van der Waals surface area (Å²) in [5.41, 5.74) is 17.2. The number of aryl methyl sites for hydroxylation is 4. The zero-order valence-electron chi connectivity index (χ0n) is 44.5. The fourth-order valence-electron chi connectivity index (χ4n) is 9.08. The number of hydrogen-bond donors (Lipinski definition) is 1. The third-order valence-corrected chi connectivity index (χ3v) is 15.1. The SMILES string of the molecule is C.C.Cc1sc2c(c1C)C(c1ccc(N)cc1)=N[C@@H](CC(=O)OC(C)(C)C)c1nnc(C)n1-2.Cc1sc2c(c1C)C(c1ccc(N=C(c3ccccc3)c3ccccc3)cc1)=N[C@@H](CC(=O)OC(C)(C)C)c1nnc(C)n1-2. The Hall–Kier alpha value is -7.69. The summed E-state index contributed by atoms with van der Waals surface area (Å²) in [4.78, 5) is 43.6. The number of nitrogens with two attached hydrogens (primary N) is 1. The molecule has 400 valence electrons. The Labute approximate surface area is 460 Å². The van der Waals surface area contributed by atoms with Crippen molar-refractivity contribution in [3.8, 4) is 10.0 Å². The molecule has 0 aliphatic carbocycles. The molecule has 0 fully saturated rings. The Morgan fingerprint density at radius 2 is 0.935 bits per heavy atom. The van der Waals surface area contributed by atoms with Gasteiger partial charge in [-0.2, -0.15) is 0 Å². The first kappa shape index (κ1) is 57.0. The van der Waals surface area contributed by atoms with Crippen LogP contribution in [0.3, 0.4) is 0 Å². The van der Waals surface area contributed by atoms with Crippen LogP contribution < -0.4 is 5.73 Å². The second-order valence-electron chi connectivity index (χ2n) is 20.7. The molecule has 0 saturated carbocycles. The number of anilines is 1. The van der Waals surface area contributed by atoms with E-state index in [4.69, 9.17) is 30.2 Å². The number of aromatic nitrogens is 6. The maximum atomic E-state index is 13.1. The van der Waals surface area contributed by atoms with Crippen LogP contribution in [0.1, 0.15) is 159 Å². The van der Waals surface area contributed by atoms with Gasteiger partial charge in [0.2, 0.25) is 0 Å². The highest BCUT2D eigenvalue weighted by molar-refractivity contribution is 7.15. The summed E-state index contributed by atoms with van der Waals surface area (Å²) in [5, 5.41) is 19.6. The number of hydrogen-bond acceptors (Lipinski definition) is 14. The van der Waals surface area contributed by atoms with Crippen molar-refractivity contribution in [1.29, 1.82) is 0 Å². The van der Waals surface area contributed by atoms with Crippen LogP contribution in [0.4, 0.5) is 11.4 Å². The van der Waals surface area contributed by atoms with Crippen LogP contribution in [0.25, 0.3) is 10.0 Å². The Morgan fingerprint density at radius 3 is 1.31 bits per heavy atom. The predicted octanol–water partition coefficient (Wildman–Crippen LogP) is 13.8. The number of nitrogens with zero attached hydrogens (tertiary/aromatic N) is 9. The summed E-state index contributed by atoms with van der Waals surface area (Å²) in [6.07, 6.45) is 0.145. The maximum Gasteiger partial charge on any atom is 0.308 e. The van der Waals surface area contributed by atoms with Crippen molar-refractivity contribution in [1.82, 2.24) is 29.5 Å². The summed E-state index contributed by atoms with van der Waals surface area (Å²) < 4.78 is 15.4. The smallest absolute Gasteiger partial charge is 0.308 e. The summed E-state index contributed by atoms with van der Waals surface area (Å²) in [5.74, 6) is 2.17. The van der Waals surface area contributed by atoms with Gasteiger partial charge in [-0.3, -0.25) is 28.7 Å². The monoisotopic (exact) mass is 1070 g/mol. The number of carbonyl (C=O) groups is 2. The van der Waals surface area contributed by atoms with Crippen LogP contribution in [-0.4, -0.2) is 69.8 Å². The highest BCUT2D eigenvalue weighted by atomic mass is 32.1. The molecule has 0 radical (unpaired) electrons. The molecule has 0 saturated heterocycles. The molecule has 16 heteroatoms. The molecule has 2 atom stereocenters. The minimum atomic E-state index is -0.598. The van der Waals surface area contributed by atoms with Gasteiger partial charge in [0.05, 0.1) is 35.7 Å². The van der Waals surface area contributed by atoms with E-state index in [-0.39, 0.29) is 39.6 Å². The van der Waals surface area contributed by atoms with Gasteiger partial charge >= 0.3 is 11.9 Å². The third kappa shape index (κ3) is 12.3. The van der Waals surface area contributed by atoms with Crippen LogP contribution in [0.15, 0.2) is 124 Å². The maximum absolute atomic E-state index is 13.1. The number of fused-ring (bicyclic) bond motifs is 6. The second-order valence-corrected chi connectivity index (χ2v) is 23.1. The highest BCUT2D eigenvalue weighted by Crippen LogP contribution is 2.42. The van der Waals surface area contributed by atoms with Gasteiger partial charge in [0.15, 0.2) is 11.6 Å².